The number of hydrogen-bond acceptors (Lipinski definition) is 0. The normalized spacial score (nSPS) is 1.50. The predicted molar refractivity (Wildman–Crippen MR) is 25.8 cm³/mol. The average molecular weight is 245 g/mol. The van der Waals surface area contributed by atoms with Gasteiger partial charge in [-0.3, -0.25) is 4.93 Å². The van der Waals surface area contributed by atoms with Crippen molar-refractivity contribution in [1.82, 2.24) is 0 Å². The minimum Gasteiger partial charge on any atom is -0.358 e. The Labute approximate surface area is 66.8 Å². The van der Waals surface area contributed by atoms with Gasteiger partial charge in [-0.25, -0.2) is 0 Å². The molecule has 0 aromatic rings. The van der Waals surface area contributed by atoms with Gasteiger partial charge in [0.15, 0.2) is 0 Å². The maximum Gasteiger partial charge on any atom is 0 e. The molecule has 0 fully saturated rings. The van der Waals surface area contributed by atoms with Crippen molar-refractivity contribution in [3.8, 4) is 0 Å². The van der Waals surface area contributed by atoms with Gasteiger partial charge in [-0.1, -0.05) is 0 Å². The molecule has 0 bridgehead atoms. The van der Waals surface area contributed by atoms with E-state index in [9.17, 15) is 0 Å². The molecule has 0 heterocycles. The molecule has 0 rings (SSSR count). The van der Waals surface area contributed by atoms with Crippen molar-refractivity contribution in [2.24, 2.45) is 0 Å². The third-order valence-corrected chi connectivity index (χ3v) is 0. The molecule has 0 aliphatic heterocycles. The molecule has 1 radical (unpaired) electrons. The summed E-state index contributed by atoms with van der Waals surface area (Å²) in [5, 5.41) is 0. The average Bonchev–Trinajstić information content (AvgIpc) is 1.00. The van der Waals surface area contributed by atoms with Crippen LogP contribution in [-0.4, -0.2) is 0 Å². The van der Waals surface area contributed by atoms with Crippen molar-refractivity contribution in [3.63, 3.8) is 0 Å². The van der Waals surface area contributed by atoms with E-state index in [-0.39, 0.29) is 40.1 Å². The Morgan fingerprint density at radius 2 is 1.25 bits per heavy atom. The fourth-order valence-corrected chi connectivity index (χ4v) is 0. The zero-order valence-corrected chi connectivity index (χ0v) is 7.66. The minimum atomic E-state index is 0. The Bertz CT molecular complexity index is 6.00. The van der Waals surface area contributed by atoms with E-state index in [1.807, 2.05) is 22.6 Å². The SMILES string of the molecule is [CH2-]I.[CH3-].[Y]. The van der Waals surface area contributed by atoms with Crippen molar-refractivity contribution in [2.75, 3.05) is 0 Å². The molecule has 0 saturated carbocycles. The molecule has 2 heteroatoms. The van der Waals surface area contributed by atoms with Gasteiger partial charge in [0.1, 0.15) is 0 Å². The first-order chi connectivity index (χ1) is 1.00. The second-order valence-electron chi connectivity index (χ2n) is 0. The molecule has 0 aromatic heterocycles. The summed E-state index contributed by atoms with van der Waals surface area (Å²) in [5.41, 5.74) is 0. The van der Waals surface area contributed by atoms with Crippen LogP contribution in [0, 0.1) is 12.4 Å². The smallest absolute Gasteiger partial charge is 0 e. The molecule has 0 atom stereocenters. The zero-order valence-electron chi connectivity index (χ0n) is 2.66. The van der Waals surface area contributed by atoms with Gasteiger partial charge in [0, 0.05) is 32.7 Å². The van der Waals surface area contributed by atoms with Crippen LogP contribution in [-0.2, 0) is 32.7 Å². The third kappa shape index (κ3) is 9.16. The fourth-order valence-electron chi connectivity index (χ4n) is 0. The number of halogens is 1. The van der Waals surface area contributed by atoms with Crippen LogP contribution in [0.5, 0.6) is 0 Å². The van der Waals surface area contributed by atoms with E-state index >= 15 is 0 Å². The van der Waals surface area contributed by atoms with Gasteiger partial charge in [0.25, 0.3) is 0 Å². The maximum absolute atomic E-state index is 3.22. The van der Waals surface area contributed by atoms with E-state index in [2.05, 4.69) is 4.93 Å². The molecule has 0 saturated heterocycles. The molecule has 0 unspecified atom stereocenters. The van der Waals surface area contributed by atoms with E-state index in [1.54, 1.807) is 0 Å². The van der Waals surface area contributed by atoms with Crippen molar-refractivity contribution in [1.29, 1.82) is 0 Å². The molecular weight excluding hydrogens is 240 g/mol. The first-order valence-electron chi connectivity index (χ1n) is 0.267. The van der Waals surface area contributed by atoms with Crippen LogP contribution in [0.1, 0.15) is 0 Å². The molecule has 0 N–H and O–H groups in total. The quantitative estimate of drug-likeness (QED) is 0.449. The summed E-state index contributed by atoms with van der Waals surface area (Å²) in [5.74, 6) is 0. The van der Waals surface area contributed by atoms with Crippen molar-refractivity contribution < 1.29 is 32.7 Å². The molecular formula is C2H5IY-2. The van der Waals surface area contributed by atoms with E-state index in [0.717, 1.165) is 0 Å². The Morgan fingerprint density at radius 3 is 1.25 bits per heavy atom. The van der Waals surface area contributed by atoms with Crippen LogP contribution in [0.25, 0.3) is 0 Å². The van der Waals surface area contributed by atoms with E-state index < -0.39 is 0 Å². The number of rotatable bonds is 0. The van der Waals surface area contributed by atoms with Crippen LogP contribution in [0.15, 0.2) is 0 Å². The maximum atomic E-state index is 3.22. The molecule has 4 heavy (non-hydrogen) atoms. The molecule has 0 aliphatic rings. The van der Waals surface area contributed by atoms with E-state index in [4.69, 9.17) is 0 Å². The summed E-state index contributed by atoms with van der Waals surface area (Å²) in [6.45, 7) is 0. The van der Waals surface area contributed by atoms with E-state index in [1.165, 1.54) is 0 Å². The van der Waals surface area contributed by atoms with Crippen LogP contribution < -0.4 is 0 Å². The summed E-state index contributed by atoms with van der Waals surface area (Å²) in [6, 6.07) is 0. The second kappa shape index (κ2) is 21.1. The van der Waals surface area contributed by atoms with Crippen LogP contribution >= 0.6 is 22.6 Å². The predicted octanol–water partition coefficient (Wildman–Crippen LogP) is 1.66. The minimum absolute atomic E-state index is 0. The van der Waals surface area contributed by atoms with Crippen LogP contribution in [0.4, 0.5) is 0 Å². The first kappa shape index (κ1) is 17.0. The summed E-state index contributed by atoms with van der Waals surface area (Å²) < 4.78 is 0. The van der Waals surface area contributed by atoms with Gasteiger partial charge >= 0.3 is 0 Å². The van der Waals surface area contributed by atoms with Gasteiger partial charge < -0.3 is 30.0 Å². The number of hydrogen-bond donors (Lipinski definition) is 0. The zero-order chi connectivity index (χ0) is 2.00. The summed E-state index contributed by atoms with van der Waals surface area (Å²) >= 11 is 1.90. The van der Waals surface area contributed by atoms with Crippen molar-refractivity contribution in [2.45, 2.75) is 0 Å². The van der Waals surface area contributed by atoms with Gasteiger partial charge in [0.05, 0.1) is 0 Å². The Hall–Kier alpha value is 1.83. The first-order valence-corrected chi connectivity index (χ1v) is 1.79. The second-order valence-corrected chi connectivity index (χ2v) is 0. The largest absolute Gasteiger partial charge is 0.358 e. The van der Waals surface area contributed by atoms with Crippen molar-refractivity contribution in [3.05, 3.63) is 12.4 Å². The van der Waals surface area contributed by atoms with Crippen LogP contribution in [0.3, 0.4) is 0 Å². The summed E-state index contributed by atoms with van der Waals surface area (Å²) in [6.07, 6.45) is 0. The standard InChI is InChI=1S/CH2I.CH3.Y/c1-2;;/h1H2;1H3;/q2*-1;. The monoisotopic (exact) mass is 245 g/mol. The third-order valence-electron chi connectivity index (χ3n) is 0. The Kier molecular flexibility index (Phi) is 89.7. The summed E-state index contributed by atoms with van der Waals surface area (Å²) in [4.78, 5) is 3.22. The molecule has 0 aliphatic carbocycles. The van der Waals surface area contributed by atoms with E-state index in [0.29, 0.717) is 0 Å². The van der Waals surface area contributed by atoms with Gasteiger partial charge in [-0.05, 0) is 0 Å². The van der Waals surface area contributed by atoms with Gasteiger partial charge in [-0.15, -0.1) is 0 Å². The molecule has 0 spiro atoms. The molecule has 25 valence electrons. The van der Waals surface area contributed by atoms with Crippen molar-refractivity contribution >= 4 is 22.6 Å². The molecule has 0 aromatic carbocycles. The van der Waals surface area contributed by atoms with Crippen LogP contribution in [0.2, 0.25) is 0 Å². The Morgan fingerprint density at radius 1 is 1.25 bits per heavy atom. The Balaban J connectivity index is -0.00000000500. The fraction of sp³-hybridized carbons (Fsp3) is 0. The van der Waals surface area contributed by atoms with Gasteiger partial charge in [-0.2, -0.15) is 0 Å². The molecule has 0 amide bonds. The topological polar surface area (TPSA) is 0 Å². The van der Waals surface area contributed by atoms with Gasteiger partial charge in [0.2, 0.25) is 0 Å². The summed E-state index contributed by atoms with van der Waals surface area (Å²) in [7, 11) is 0. The molecule has 0 nitrogen and oxygen atoms in total.